The van der Waals surface area contributed by atoms with E-state index < -0.39 is 0 Å². The Labute approximate surface area is 127 Å². The molecule has 21 heavy (non-hydrogen) atoms. The smallest absolute Gasteiger partial charge is 0.146 e. The minimum absolute atomic E-state index is 0.380. The Hall–Kier alpha value is -0.940. The lowest BCUT2D eigenvalue weighted by molar-refractivity contribution is -0.150. The van der Waals surface area contributed by atoms with Crippen molar-refractivity contribution in [3.05, 3.63) is 12.2 Å². The highest BCUT2D eigenvalue weighted by Gasteiger charge is 2.55. The summed E-state index contributed by atoms with van der Waals surface area (Å²) >= 11 is 0. The molecule has 2 fully saturated rings. The zero-order valence-electron chi connectivity index (χ0n) is 13.3. The third kappa shape index (κ3) is 2.73. The van der Waals surface area contributed by atoms with Gasteiger partial charge in [0.1, 0.15) is 12.2 Å². The molecule has 1 aromatic heterocycles. The predicted molar refractivity (Wildman–Crippen MR) is 81.9 cm³/mol. The van der Waals surface area contributed by atoms with E-state index in [9.17, 15) is 0 Å². The largest absolute Gasteiger partial charge is 0.378 e. The number of aromatic nitrogens is 3. The van der Waals surface area contributed by atoms with Crippen LogP contribution in [0.2, 0.25) is 0 Å². The van der Waals surface area contributed by atoms with E-state index in [1.165, 1.54) is 32.1 Å². The summed E-state index contributed by atoms with van der Waals surface area (Å²) in [5.41, 5.74) is 0.380. The highest BCUT2D eigenvalue weighted by Crippen LogP contribution is 2.53. The molecule has 2 aliphatic rings. The molecule has 0 aromatic carbocycles. The van der Waals surface area contributed by atoms with Crippen LogP contribution in [-0.4, -0.2) is 33.5 Å². The summed E-state index contributed by atoms with van der Waals surface area (Å²) in [7, 11) is 0. The Balaban J connectivity index is 1.62. The van der Waals surface area contributed by atoms with E-state index in [-0.39, 0.29) is 0 Å². The van der Waals surface area contributed by atoms with Crippen molar-refractivity contribution in [1.82, 2.24) is 20.1 Å². The SMILES string of the molecule is CCOC1CC(NCc2nncn2CC)C12CCCCC2. The maximum absolute atomic E-state index is 6.01. The Bertz CT molecular complexity index is 453. The molecule has 1 heterocycles. The summed E-state index contributed by atoms with van der Waals surface area (Å²) < 4.78 is 8.12. The van der Waals surface area contributed by atoms with Crippen molar-refractivity contribution < 1.29 is 4.74 Å². The Morgan fingerprint density at radius 1 is 1.33 bits per heavy atom. The van der Waals surface area contributed by atoms with E-state index in [1.54, 1.807) is 0 Å². The van der Waals surface area contributed by atoms with Crippen molar-refractivity contribution in [3.63, 3.8) is 0 Å². The molecule has 0 amide bonds. The summed E-state index contributed by atoms with van der Waals surface area (Å²) in [5.74, 6) is 1.04. The van der Waals surface area contributed by atoms with Gasteiger partial charge in [-0.05, 0) is 33.1 Å². The van der Waals surface area contributed by atoms with E-state index in [0.717, 1.165) is 31.9 Å². The van der Waals surface area contributed by atoms with Gasteiger partial charge >= 0.3 is 0 Å². The highest BCUT2D eigenvalue weighted by molar-refractivity contribution is 5.09. The van der Waals surface area contributed by atoms with Gasteiger partial charge in [-0.2, -0.15) is 0 Å². The summed E-state index contributed by atoms with van der Waals surface area (Å²) in [4.78, 5) is 0. The molecule has 3 rings (SSSR count). The van der Waals surface area contributed by atoms with Crippen LogP contribution in [0.15, 0.2) is 6.33 Å². The van der Waals surface area contributed by atoms with Crippen LogP contribution in [0.1, 0.15) is 58.2 Å². The molecule has 0 radical (unpaired) electrons. The summed E-state index contributed by atoms with van der Waals surface area (Å²) in [6.45, 7) is 6.83. The number of nitrogens with one attached hydrogen (secondary N) is 1. The molecule has 2 aliphatic carbocycles. The first kappa shape index (κ1) is 15.0. The van der Waals surface area contributed by atoms with Crippen LogP contribution in [0.4, 0.5) is 0 Å². The van der Waals surface area contributed by atoms with E-state index in [2.05, 4.69) is 33.9 Å². The Morgan fingerprint density at radius 2 is 2.14 bits per heavy atom. The second-order valence-electron chi connectivity index (χ2n) is 6.44. The Morgan fingerprint density at radius 3 is 2.86 bits per heavy atom. The van der Waals surface area contributed by atoms with Crippen LogP contribution in [0.3, 0.4) is 0 Å². The van der Waals surface area contributed by atoms with Crippen molar-refractivity contribution in [1.29, 1.82) is 0 Å². The zero-order valence-corrected chi connectivity index (χ0v) is 13.3. The van der Waals surface area contributed by atoms with Gasteiger partial charge in [0.25, 0.3) is 0 Å². The van der Waals surface area contributed by atoms with Crippen molar-refractivity contribution in [3.8, 4) is 0 Å². The van der Waals surface area contributed by atoms with E-state index in [0.29, 0.717) is 17.6 Å². The lowest BCUT2D eigenvalue weighted by atomic mass is 9.55. The van der Waals surface area contributed by atoms with Crippen molar-refractivity contribution in [2.24, 2.45) is 5.41 Å². The normalized spacial score (nSPS) is 27.7. The van der Waals surface area contributed by atoms with Gasteiger partial charge in [-0.1, -0.05) is 19.3 Å². The Kier molecular flexibility index (Phi) is 4.60. The van der Waals surface area contributed by atoms with Crippen LogP contribution in [0.5, 0.6) is 0 Å². The molecule has 5 nitrogen and oxygen atoms in total. The molecule has 2 atom stereocenters. The fourth-order valence-corrected chi connectivity index (χ4v) is 4.24. The fraction of sp³-hybridized carbons (Fsp3) is 0.875. The fourth-order valence-electron chi connectivity index (χ4n) is 4.24. The number of hydrogen-bond donors (Lipinski definition) is 1. The standard InChI is InChI=1S/C16H28N4O/c1-3-20-12-18-19-15(20)11-17-13-10-14(21-4-2)16(13)8-6-5-7-9-16/h12-14,17H,3-11H2,1-2H3. The first-order valence-corrected chi connectivity index (χ1v) is 8.52. The van der Waals surface area contributed by atoms with Crippen LogP contribution in [-0.2, 0) is 17.8 Å². The lowest BCUT2D eigenvalue weighted by Crippen LogP contribution is -2.64. The molecular formula is C16H28N4O. The molecule has 0 saturated heterocycles. The van der Waals surface area contributed by atoms with Gasteiger partial charge in [-0.3, -0.25) is 0 Å². The monoisotopic (exact) mass is 292 g/mol. The number of rotatable bonds is 6. The molecule has 2 unspecified atom stereocenters. The van der Waals surface area contributed by atoms with Crippen molar-refractivity contribution in [2.75, 3.05) is 6.61 Å². The lowest BCUT2D eigenvalue weighted by Gasteiger charge is -2.58. The second-order valence-corrected chi connectivity index (χ2v) is 6.44. The molecule has 0 bridgehead atoms. The highest BCUT2D eigenvalue weighted by atomic mass is 16.5. The average Bonchev–Trinajstić information content (AvgIpc) is 2.98. The van der Waals surface area contributed by atoms with Crippen molar-refractivity contribution >= 4 is 0 Å². The molecule has 2 saturated carbocycles. The third-order valence-corrected chi connectivity index (χ3v) is 5.48. The van der Waals surface area contributed by atoms with Gasteiger partial charge in [0.2, 0.25) is 0 Å². The van der Waals surface area contributed by atoms with Gasteiger partial charge in [0, 0.05) is 24.6 Å². The van der Waals surface area contributed by atoms with Crippen LogP contribution >= 0.6 is 0 Å². The first-order valence-electron chi connectivity index (χ1n) is 8.52. The minimum Gasteiger partial charge on any atom is -0.378 e. The third-order valence-electron chi connectivity index (χ3n) is 5.48. The van der Waals surface area contributed by atoms with Crippen LogP contribution in [0, 0.1) is 5.41 Å². The predicted octanol–water partition coefficient (Wildman–Crippen LogP) is 2.52. The van der Waals surface area contributed by atoms with E-state index in [1.807, 2.05) is 6.33 Å². The zero-order chi connectivity index (χ0) is 14.7. The molecule has 1 aromatic rings. The quantitative estimate of drug-likeness (QED) is 0.875. The number of hydrogen-bond acceptors (Lipinski definition) is 4. The average molecular weight is 292 g/mol. The molecular weight excluding hydrogens is 264 g/mol. The summed E-state index contributed by atoms with van der Waals surface area (Å²) in [6, 6.07) is 0.580. The van der Waals surface area contributed by atoms with Gasteiger partial charge in [-0.25, -0.2) is 0 Å². The molecule has 118 valence electrons. The minimum atomic E-state index is 0.380. The van der Waals surface area contributed by atoms with Gasteiger partial charge in [-0.15, -0.1) is 10.2 Å². The summed E-state index contributed by atoms with van der Waals surface area (Å²) in [5, 5.41) is 12.0. The number of ether oxygens (including phenoxy) is 1. The summed E-state index contributed by atoms with van der Waals surface area (Å²) in [6.07, 6.45) is 10.2. The first-order chi connectivity index (χ1) is 10.3. The molecule has 0 aliphatic heterocycles. The van der Waals surface area contributed by atoms with E-state index >= 15 is 0 Å². The van der Waals surface area contributed by atoms with Gasteiger partial charge in [0.15, 0.2) is 0 Å². The van der Waals surface area contributed by atoms with Crippen molar-refractivity contribution in [2.45, 2.75) is 77.6 Å². The number of aryl methyl sites for hydroxylation is 1. The van der Waals surface area contributed by atoms with Crippen LogP contribution in [0.25, 0.3) is 0 Å². The number of nitrogens with zero attached hydrogens (tertiary/aromatic N) is 3. The van der Waals surface area contributed by atoms with Gasteiger partial charge < -0.3 is 14.6 Å². The maximum Gasteiger partial charge on any atom is 0.146 e. The van der Waals surface area contributed by atoms with Gasteiger partial charge in [0.05, 0.1) is 12.6 Å². The molecule has 1 N–H and O–H groups in total. The maximum atomic E-state index is 6.01. The second kappa shape index (κ2) is 6.44. The van der Waals surface area contributed by atoms with E-state index in [4.69, 9.17) is 4.74 Å². The molecule has 5 heteroatoms. The topological polar surface area (TPSA) is 52.0 Å². The molecule has 1 spiro atoms. The van der Waals surface area contributed by atoms with Crippen LogP contribution < -0.4 is 5.32 Å².